The first-order valence-corrected chi connectivity index (χ1v) is 16.0. The number of aliphatic hydroxyl groups is 6. The van der Waals surface area contributed by atoms with Crippen molar-refractivity contribution in [3.05, 3.63) is 11.6 Å². The molecule has 3 heterocycles. The first kappa shape index (κ1) is 32.1. The van der Waals surface area contributed by atoms with Crippen molar-refractivity contribution < 1.29 is 44.9 Å². The Balaban J connectivity index is 0.00000329. The van der Waals surface area contributed by atoms with Crippen molar-refractivity contribution in [3.63, 3.8) is 0 Å². The fourth-order valence-electron chi connectivity index (χ4n) is 11.8. The van der Waals surface area contributed by atoms with E-state index in [0.717, 1.165) is 6.42 Å². The first-order valence-electron chi connectivity index (χ1n) is 16.0. The summed E-state index contributed by atoms with van der Waals surface area (Å²) in [6.07, 6.45) is 2.30. The molecular weight excluding hydrogens is 578 g/mol. The van der Waals surface area contributed by atoms with Crippen LogP contribution in [0.2, 0.25) is 0 Å². The number of nitrogens with zero attached hydrogens (tertiary/aromatic N) is 1. The lowest BCUT2D eigenvalue weighted by Crippen LogP contribution is -2.85. The lowest BCUT2D eigenvalue weighted by atomic mass is 9.49. The van der Waals surface area contributed by atoms with Gasteiger partial charge in [-0.05, 0) is 65.2 Å². The van der Waals surface area contributed by atoms with E-state index in [-0.39, 0.29) is 37.8 Å². The van der Waals surface area contributed by atoms with Crippen LogP contribution in [-0.4, -0.2) is 107 Å². The summed E-state index contributed by atoms with van der Waals surface area (Å²) in [6.45, 7) is 10.1. The SMILES string of the molecule is C/C=C(/C)C(=O)O[C@H]1CC[C@@]2(C)[C@@H]3CC[C@H]4[C@]5(O)C[C@H](O)[C@@]6(O)[C@@H](CN7C[C@@H](C)CC[C@H]7[C@@]6(C)O)[C@]5(O)C[C@@]42O[C@]13O.Cl. The Morgan fingerprint density at radius 2 is 1.63 bits per heavy atom. The smallest absolute Gasteiger partial charge is 0.333 e. The van der Waals surface area contributed by atoms with E-state index in [0.29, 0.717) is 50.1 Å². The van der Waals surface area contributed by atoms with Crippen molar-refractivity contribution in [1.82, 2.24) is 4.90 Å². The Bertz CT molecular complexity index is 1230. The van der Waals surface area contributed by atoms with Gasteiger partial charge in [-0.1, -0.05) is 19.9 Å². The van der Waals surface area contributed by atoms with Gasteiger partial charge in [0.25, 0.3) is 0 Å². The third-order valence-electron chi connectivity index (χ3n) is 14.1. The van der Waals surface area contributed by atoms with Crippen LogP contribution < -0.4 is 0 Å². The highest BCUT2D eigenvalue weighted by Crippen LogP contribution is 2.78. The maximum Gasteiger partial charge on any atom is 0.333 e. The Kier molecular flexibility index (Phi) is 7.01. The minimum Gasteiger partial charge on any atom is -0.453 e. The number of hydrogen-bond donors (Lipinski definition) is 6. The van der Waals surface area contributed by atoms with E-state index in [2.05, 4.69) is 11.8 Å². The van der Waals surface area contributed by atoms with E-state index < -0.39 is 75.1 Å². The molecule has 3 aliphatic heterocycles. The summed E-state index contributed by atoms with van der Waals surface area (Å²) in [5.41, 5.74) is -8.96. The Morgan fingerprint density at radius 1 is 0.953 bits per heavy atom. The van der Waals surface area contributed by atoms with Gasteiger partial charge in [-0.2, -0.15) is 0 Å². The van der Waals surface area contributed by atoms with Crippen LogP contribution in [0.5, 0.6) is 0 Å². The molecule has 0 unspecified atom stereocenters. The number of aliphatic hydroxyl groups excluding tert-OH is 1. The maximum absolute atomic E-state index is 12.9. The largest absolute Gasteiger partial charge is 0.453 e. The standard InChI is InChI=1S/C32H49NO9.ClH/c1-6-18(3)25(35)41-24-11-12-26(4)19-8-9-20-28(37)13-23(34)31(39)21(29(28,38)16-30(20,26)42-32(19,24)40)15-33-14-17(2)7-10-22(33)27(31,5)36;/h6,17,19-24,34,36-40H,7-16H2,1-5H3;1H/b18-6-;/t17-,19-,20-,21-,22-,23-,24-,26-,27+,28+,29+,30+,31-,32-;/m0./s1. The summed E-state index contributed by atoms with van der Waals surface area (Å²) in [6, 6.07) is -0.387. The van der Waals surface area contributed by atoms with E-state index in [1.165, 1.54) is 0 Å². The molecule has 1 spiro atoms. The van der Waals surface area contributed by atoms with Crippen LogP contribution in [0.3, 0.4) is 0 Å². The molecule has 7 rings (SSSR count). The second-order valence-electron chi connectivity index (χ2n) is 15.7. The zero-order valence-electron chi connectivity index (χ0n) is 26.0. The molecule has 14 atom stereocenters. The number of rotatable bonds is 2. The molecule has 43 heavy (non-hydrogen) atoms. The summed E-state index contributed by atoms with van der Waals surface area (Å²) >= 11 is 0. The highest BCUT2D eigenvalue weighted by atomic mass is 35.5. The minimum absolute atomic E-state index is 0. The number of allylic oxidation sites excluding steroid dienone is 1. The second kappa shape index (κ2) is 9.38. The fraction of sp³-hybridized carbons (Fsp3) is 0.906. The van der Waals surface area contributed by atoms with Crippen molar-refractivity contribution in [2.24, 2.45) is 29.1 Å². The average Bonchev–Trinajstić information content (AvgIpc) is 3.09. The van der Waals surface area contributed by atoms with Crippen molar-refractivity contribution >= 4 is 18.4 Å². The van der Waals surface area contributed by atoms with Gasteiger partial charge in [-0.3, -0.25) is 4.90 Å². The molecule has 7 fully saturated rings. The van der Waals surface area contributed by atoms with Crippen LogP contribution in [0, 0.1) is 29.1 Å². The summed E-state index contributed by atoms with van der Waals surface area (Å²) in [4.78, 5) is 14.9. The van der Waals surface area contributed by atoms with Crippen molar-refractivity contribution in [2.45, 2.75) is 138 Å². The molecule has 0 amide bonds. The number of piperidine rings is 2. The third kappa shape index (κ3) is 3.46. The molecule has 0 aromatic rings. The van der Waals surface area contributed by atoms with E-state index in [1.54, 1.807) is 26.8 Å². The zero-order valence-corrected chi connectivity index (χ0v) is 26.8. The lowest BCUT2D eigenvalue weighted by Gasteiger charge is -2.68. The molecule has 0 aromatic carbocycles. The maximum atomic E-state index is 12.9. The molecule has 4 saturated carbocycles. The van der Waals surface area contributed by atoms with Gasteiger partial charge in [0.2, 0.25) is 5.79 Å². The van der Waals surface area contributed by atoms with Gasteiger partial charge in [-0.25, -0.2) is 4.79 Å². The van der Waals surface area contributed by atoms with Gasteiger partial charge < -0.3 is 40.1 Å². The van der Waals surface area contributed by atoms with Crippen LogP contribution in [0.25, 0.3) is 0 Å². The van der Waals surface area contributed by atoms with Crippen LogP contribution in [-0.2, 0) is 14.3 Å². The molecular formula is C32H50ClNO9. The van der Waals surface area contributed by atoms with Gasteiger partial charge in [0.1, 0.15) is 22.4 Å². The normalized spacial score (nSPS) is 58.9. The van der Waals surface area contributed by atoms with E-state index in [9.17, 15) is 35.4 Å². The lowest BCUT2D eigenvalue weighted by molar-refractivity contribution is -0.354. The average molecular weight is 628 g/mol. The van der Waals surface area contributed by atoms with Gasteiger partial charge in [0, 0.05) is 60.7 Å². The summed E-state index contributed by atoms with van der Waals surface area (Å²) in [7, 11) is 0. The Hall–Kier alpha value is -0.820. The molecule has 6 N–H and O–H groups in total. The van der Waals surface area contributed by atoms with Gasteiger partial charge in [0.05, 0.1) is 11.7 Å². The molecule has 0 aromatic heterocycles. The van der Waals surface area contributed by atoms with Crippen LogP contribution in [0.4, 0.5) is 0 Å². The topological polar surface area (TPSA) is 160 Å². The monoisotopic (exact) mass is 627 g/mol. The molecule has 0 radical (unpaired) electrons. The van der Waals surface area contributed by atoms with Crippen LogP contribution >= 0.6 is 12.4 Å². The first-order chi connectivity index (χ1) is 19.5. The summed E-state index contributed by atoms with van der Waals surface area (Å²) in [5.74, 6) is -4.05. The molecule has 3 saturated heterocycles. The van der Waals surface area contributed by atoms with Gasteiger partial charge >= 0.3 is 5.97 Å². The van der Waals surface area contributed by atoms with Crippen LogP contribution in [0.1, 0.15) is 86.0 Å². The Morgan fingerprint density at radius 3 is 2.30 bits per heavy atom. The highest BCUT2D eigenvalue weighted by Gasteiger charge is 2.88. The highest BCUT2D eigenvalue weighted by molar-refractivity contribution is 5.87. The number of fused-ring (bicyclic) bond motifs is 5. The summed E-state index contributed by atoms with van der Waals surface area (Å²) < 4.78 is 12.6. The summed E-state index contributed by atoms with van der Waals surface area (Å²) in [5, 5.41) is 73.9. The predicted octanol–water partition coefficient (Wildman–Crippen LogP) is 1.41. The number of esters is 1. The van der Waals surface area contributed by atoms with Crippen molar-refractivity contribution in [2.75, 3.05) is 13.1 Å². The fourth-order valence-corrected chi connectivity index (χ4v) is 11.8. The number of ether oxygens (including phenoxy) is 2. The quantitative estimate of drug-likeness (QED) is 0.195. The molecule has 4 aliphatic carbocycles. The number of carbonyl (C=O) groups excluding carboxylic acids is 1. The van der Waals surface area contributed by atoms with Crippen molar-refractivity contribution in [3.8, 4) is 0 Å². The second-order valence-corrected chi connectivity index (χ2v) is 15.7. The van der Waals surface area contributed by atoms with E-state index in [1.807, 2.05) is 6.92 Å². The Labute approximate surface area is 259 Å². The molecule has 244 valence electrons. The molecule has 4 bridgehead atoms. The predicted molar refractivity (Wildman–Crippen MR) is 157 cm³/mol. The van der Waals surface area contributed by atoms with Gasteiger partial charge in [0.15, 0.2) is 6.10 Å². The molecule has 11 heteroatoms. The van der Waals surface area contributed by atoms with Crippen molar-refractivity contribution in [1.29, 1.82) is 0 Å². The molecule has 7 aliphatic rings. The minimum atomic E-state index is -2.06. The number of carbonyl (C=O) groups is 1. The van der Waals surface area contributed by atoms with Gasteiger partial charge in [-0.15, -0.1) is 12.4 Å². The van der Waals surface area contributed by atoms with Crippen LogP contribution in [0.15, 0.2) is 11.6 Å². The molecule has 10 nitrogen and oxygen atoms in total. The zero-order chi connectivity index (χ0) is 30.5. The number of halogens is 1. The van der Waals surface area contributed by atoms with E-state index >= 15 is 0 Å². The number of hydrogen-bond acceptors (Lipinski definition) is 10. The third-order valence-corrected chi connectivity index (χ3v) is 14.1. The van der Waals surface area contributed by atoms with E-state index in [4.69, 9.17) is 9.47 Å².